The monoisotopic (exact) mass is 489 g/mol. The van der Waals surface area contributed by atoms with Crippen molar-refractivity contribution in [3.63, 3.8) is 0 Å². The van der Waals surface area contributed by atoms with Crippen LogP contribution < -0.4 is 10.2 Å². The van der Waals surface area contributed by atoms with Crippen molar-refractivity contribution in [3.05, 3.63) is 34.7 Å². The molecular weight excluding hydrogens is 465 g/mol. The minimum absolute atomic E-state index is 0.0803. The second-order valence-corrected chi connectivity index (χ2v) is 9.67. The molecule has 0 radical (unpaired) electrons. The maximum absolute atomic E-state index is 10.1. The van der Waals surface area contributed by atoms with Gasteiger partial charge >= 0.3 is 0 Å². The van der Waals surface area contributed by atoms with Crippen LogP contribution in [0.1, 0.15) is 18.9 Å². The van der Waals surface area contributed by atoms with Gasteiger partial charge in [0.1, 0.15) is 0 Å². The molecule has 2 unspecified atom stereocenters. The summed E-state index contributed by atoms with van der Waals surface area (Å²) in [5, 5.41) is 19.8. The van der Waals surface area contributed by atoms with Crippen LogP contribution in [0.3, 0.4) is 0 Å². The van der Waals surface area contributed by atoms with Gasteiger partial charge in [0, 0.05) is 37.8 Å². The Labute approximate surface area is 201 Å². The number of halogens is 2. The molecule has 0 bridgehead atoms. The van der Waals surface area contributed by atoms with Crippen molar-refractivity contribution < 1.29 is 9.84 Å². The first-order valence-electron chi connectivity index (χ1n) is 11.3. The van der Waals surface area contributed by atoms with Gasteiger partial charge in [0.05, 0.1) is 59.5 Å². The van der Waals surface area contributed by atoms with Gasteiger partial charge in [0.15, 0.2) is 5.15 Å². The van der Waals surface area contributed by atoms with Gasteiger partial charge in [-0.3, -0.25) is 4.90 Å². The number of hydrogen-bond acceptors (Lipinski definition) is 8. The number of nitrogens with zero attached hydrogens (tertiary/aromatic N) is 6. The molecule has 2 N–H and O–H groups in total. The minimum Gasteiger partial charge on any atom is -0.389 e. The first-order valence-corrected chi connectivity index (χ1v) is 12.0. The second-order valence-electron chi connectivity index (χ2n) is 8.90. The van der Waals surface area contributed by atoms with Gasteiger partial charge in [-0.1, -0.05) is 23.2 Å². The highest BCUT2D eigenvalue weighted by molar-refractivity contribution is 6.34. The lowest BCUT2D eigenvalue weighted by molar-refractivity contribution is 0.0785. The van der Waals surface area contributed by atoms with E-state index in [4.69, 9.17) is 32.9 Å². The van der Waals surface area contributed by atoms with Crippen molar-refractivity contribution in [3.8, 4) is 0 Å². The van der Waals surface area contributed by atoms with Gasteiger partial charge in [0.25, 0.3) is 0 Å². The van der Waals surface area contributed by atoms with E-state index in [0.717, 1.165) is 55.6 Å². The van der Waals surface area contributed by atoms with Crippen LogP contribution in [-0.2, 0) is 4.74 Å². The lowest BCUT2D eigenvalue weighted by Gasteiger charge is -2.39. The van der Waals surface area contributed by atoms with Crippen LogP contribution in [-0.4, -0.2) is 81.3 Å². The molecule has 1 aliphatic carbocycles. The highest BCUT2D eigenvalue weighted by Crippen LogP contribution is 2.39. The minimum atomic E-state index is -0.409. The van der Waals surface area contributed by atoms with Crippen molar-refractivity contribution >= 4 is 51.4 Å². The summed E-state index contributed by atoms with van der Waals surface area (Å²) in [6.45, 7) is 4.35. The number of ether oxygens (including phenoxy) is 1. The summed E-state index contributed by atoms with van der Waals surface area (Å²) in [5.74, 6) is 0.466. The van der Waals surface area contributed by atoms with Crippen LogP contribution in [0.5, 0.6) is 0 Å². The standard InChI is InChI=1S/C22H25Cl2N7O2/c23-15-7-13-9-25-22(28-17-10-26-31(21(17)24)14-1-2-14)27-16(13)8-18(15)29-3-5-30(6-4-29)19-11-33-12-20(19)32/h7-10,14,19-20,32H,1-6,11-12H2,(H,25,27,28). The molecule has 11 heteroatoms. The fourth-order valence-corrected chi connectivity index (χ4v) is 5.21. The smallest absolute Gasteiger partial charge is 0.227 e. The Kier molecular flexibility index (Phi) is 5.54. The maximum atomic E-state index is 10.1. The average Bonchev–Trinajstić information content (AvgIpc) is 3.47. The zero-order valence-corrected chi connectivity index (χ0v) is 19.5. The number of aliphatic hydroxyl groups excluding tert-OH is 1. The van der Waals surface area contributed by atoms with Gasteiger partial charge in [0.2, 0.25) is 5.95 Å². The molecule has 2 aliphatic heterocycles. The molecule has 2 atom stereocenters. The summed E-state index contributed by atoms with van der Waals surface area (Å²) in [5.41, 5.74) is 2.46. The zero-order chi connectivity index (χ0) is 22.5. The Hall–Kier alpha value is -2.17. The Morgan fingerprint density at radius 3 is 2.61 bits per heavy atom. The molecule has 33 heavy (non-hydrogen) atoms. The first kappa shape index (κ1) is 21.4. The number of rotatable bonds is 5. The summed E-state index contributed by atoms with van der Waals surface area (Å²) in [6, 6.07) is 4.41. The van der Waals surface area contributed by atoms with Crippen molar-refractivity contribution in [1.29, 1.82) is 0 Å². The van der Waals surface area contributed by atoms with Gasteiger partial charge in [-0.25, -0.2) is 14.6 Å². The first-order chi connectivity index (χ1) is 16.1. The number of benzene rings is 1. The topological polar surface area (TPSA) is 91.6 Å². The van der Waals surface area contributed by atoms with Gasteiger partial charge in [-0.2, -0.15) is 5.10 Å². The third-order valence-corrected chi connectivity index (χ3v) is 7.35. The molecule has 174 valence electrons. The van der Waals surface area contributed by atoms with Crippen LogP contribution in [0.2, 0.25) is 10.2 Å². The third-order valence-electron chi connectivity index (χ3n) is 6.67. The normalized spacial score (nSPS) is 24.0. The van der Waals surface area contributed by atoms with E-state index in [1.54, 1.807) is 12.4 Å². The lowest BCUT2D eigenvalue weighted by Crippen LogP contribution is -2.53. The molecule has 0 amide bonds. The molecule has 4 heterocycles. The molecule has 3 fully saturated rings. The number of nitrogens with one attached hydrogen (secondary N) is 1. The van der Waals surface area contributed by atoms with Crippen LogP contribution in [0, 0.1) is 0 Å². The highest BCUT2D eigenvalue weighted by atomic mass is 35.5. The molecular formula is C22H25Cl2N7O2. The number of fused-ring (bicyclic) bond motifs is 1. The lowest BCUT2D eigenvalue weighted by atomic mass is 10.1. The van der Waals surface area contributed by atoms with Crippen molar-refractivity contribution in [1.82, 2.24) is 24.6 Å². The number of hydrogen-bond donors (Lipinski definition) is 2. The summed E-state index contributed by atoms with van der Waals surface area (Å²) >= 11 is 13.1. The molecule has 9 nitrogen and oxygen atoms in total. The Bertz CT molecular complexity index is 1180. The zero-order valence-electron chi connectivity index (χ0n) is 18.0. The Morgan fingerprint density at radius 1 is 1.06 bits per heavy atom. The van der Waals surface area contributed by atoms with E-state index in [-0.39, 0.29) is 6.04 Å². The molecule has 0 spiro atoms. The molecule has 1 aromatic carbocycles. The predicted molar refractivity (Wildman–Crippen MR) is 128 cm³/mol. The molecule has 6 rings (SSSR count). The van der Waals surface area contributed by atoms with Crippen LogP contribution >= 0.6 is 23.2 Å². The van der Waals surface area contributed by atoms with Crippen LogP contribution in [0.25, 0.3) is 10.9 Å². The summed E-state index contributed by atoms with van der Waals surface area (Å²) < 4.78 is 7.26. The van der Waals surface area contributed by atoms with Crippen LogP contribution in [0.4, 0.5) is 17.3 Å². The van der Waals surface area contributed by atoms with E-state index in [1.165, 1.54) is 0 Å². The Morgan fingerprint density at radius 2 is 1.88 bits per heavy atom. The van der Waals surface area contributed by atoms with Crippen molar-refractivity contribution in [2.24, 2.45) is 0 Å². The second kappa shape index (κ2) is 8.56. The van der Waals surface area contributed by atoms with Crippen LogP contribution in [0.15, 0.2) is 24.5 Å². The van der Waals surface area contributed by atoms with E-state index < -0.39 is 6.10 Å². The third kappa shape index (κ3) is 4.13. The maximum Gasteiger partial charge on any atom is 0.227 e. The fraction of sp³-hybridized carbons (Fsp3) is 0.500. The van der Waals surface area contributed by atoms with Crippen molar-refractivity contribution in [2.75, 3.05) is 49.6 Å². The van der Waals surface area contributed by atoms with E-state index in [1.807, 2.05) is 16.8 Å². The van der Waals surface area contributed by atoms with E-state index >= 15 is 0 Å². The molecule has 1 saturated carbocycles. The predicted octanol–water partition coefficient (Wildman–Crippen LogP) is 3.09. The van der Waals surface area contributed by atoms with E-state index in [9.17, 15) is 5.11 Å². The average molecular weight is 490 g/mol. The molecule has 2 aromatic heterocycles. The Balaban J connectivity index is 1.20. The largest absolute Gasteiger partial charge is 0.389 e. The number of piperazine rings is 1. The quantitative estimate of drug-likeness (QED) is 0.564. The van der Waals surface area contributed by atoms with Gasteiger partial charge < -0.3 is 20.1 Å². The summed E-state index contributed by atoms with van der Waals surface area (Å²) in [6.07, 6.45) is 5.29. The number of aliphatic hydroxyl groups is 1. The van der Waals surface area contributed by atoms with E-state index in [0.29, 0.717) is 41.1 Å². The summed E-state index contributed by atoms with van der Waals surface area (Å²) in [7, 11) is 0. The molecule has 3 aromatic rings. The summed E-state index contributed by atoms with van der Waals surface area (Å²) in [4.78, 5) is 13.7. The molecule has 2 saturated heterocycles. The van der Waals surface area contributed by atoms with E-state index in [2.05, 4.69) is 25.2 Å². The number of aromatic nitrogens is 4. The van der Waals surface area contributed by atoms with Crippen molar-refractivity contribution in [2.45, 2.75) is 31.0 Å². The van der Waals surface area contributed by atoms with Gasteiger partial charge in [-0.05, 0) is 25.0 Å². The number of anilines is 3. The SMILES string of the molecule is OC1COCC1N1CCN(c2cc3nc(Nc4cnn(C5CC5)c4Cl)ncc3cc2Cl)CC1. The highest BCUT2D eigenvalue weighted by Gasteiger charge is 2.34. The fourth-order valence-electron chi connectivity index (χ4n) is 4.64. The molecule has 3 aliphatic rings. The van der Waals surface area contributed by atoms with Gasteiger partial charge in [-0.15, -0.1) is 0 Å².